The van der Waals surface area contributed by atoms with Crippen molar-refractivity contribution in [2.75, 3.05) is 19.6 Å². The fraction of sp³-hybridized carbons (Fsp3) is 0.296. The first kappa shape index (κ1) is 26.4. The Kier molecular flexibility index (Phi) is 8.89. The summed E-state index contributed by atoms with van der Waals surface area (Å²) in [5.41, 5.74) is 16.5. The number of nitrogens with zero attached hydrogens (tertiary/aromatic N) is 1. The van der Waals surface area contributed by atoms with Crippen molar-refractivity contribution < 1.29 is 4.79 Å². The van der Waals surface area contributed by atoms with E-state index in [0.717, 1.165) is 41.8 Å². The summed E-state index contributed by atoms with van der Waals surface area (Å²) in [6.07, 6.45) is 4.92. The minimum Gasteiger partial charge on any atom is -0.401 e. The summed E-state index contributed by atoms with van der Waals surface area (Å²) in [7, 11) is 0. The molecular weight excluding hydrogens is 489 g/mol. The number of amides is 1. The quantitative estimate of drug-likeness (QED) is 0.400. The van der Waals surface area contributed by atoms with Crippen LogP contribution >= 0.6 is 34.8 Å². The second-order valence-electron chi connectivity index (χ2n) is 8.90. The molecule has 2 unspecified atom stereocenters. The van der Waals surface area contributed by atoms with Crippen molar-refractivity contribution in [2.45, 2.75) is 26.2 Å². The van der Waals surface area contributed by atoms with E-state index in [-0.39, 0.29) is 5.70 Å². The molecule has 7 heteroatoms. The van der Waals surface area contributed by atoms with E-state index < -0.39 is 11.8 Å². The first-order valence-electron chi connectivity index (χ1n) is 11.2. The molecule has 1 fully saturated rings. The smallest absolute Gasteiger partial charge is 0.231 e. The Morgan fingerprint density at radius 3 is 2.32 bits per heavy atom. The molecule has 2 aromatic rings. The number of halogens is 3. The summed E-state index contributed by atoms with van der Waals surface area (Å²) >= 11 is 19.1. The molecule has 4 nitrogen and oxygen atoms in total. The number of allylic oxidation sites excluding steroid dienone is 2. The van der Waals surface area contributed by atoms with Gasteiger partial charge in [-0.2, -0.15) is 0 Å². The van der Waals surface area contributed by atoms with Crippen LogP contribution in [0.2, 0.25) is 15.1 Å². The Hall–Kier alpha value is -2.24. The molecule has 3 rings (SSSR count). The lowest BCUT2D eigenvalue weighted by Gasteiger charge is -2.20. The maximum absolute atomic E-state index is 12.5. The average Bonchev–Trinajstić information content (AvgIpc) is 3.16. The van der Waals surface area contributed by atoms with Gasteiger partial charge in [-0.05, 0) is 72.4 Å². The van der Waals surface area contributed by atoms with Gasteiger partial charge in [0, 0.05) is 39.4 Å². The Balaban J connectivity index is 2.04. The van der Waals surface area contributed by atoms with Crippen molar-refractivity contribution in [3.63, 3.8) is 0 Å². The average molecular weight is 519 g/mol. The zero-order chi connectivity index (χ0) is 25.0. The van der Waals surface area contributed by atoms with Gasteiger partial charge in [0.2, 0.25) is 5.91 Å². The Bertz CT molecular complexity index is 1140. The van der Waals surface area contributed by atoms with E-state index in [1.54, 1.807) is 24.3 Å². The van der Waals surface area contributed by atoms with Crippen LogP contribution in [-0.2, 0) is 4.79 Å². The minimum atomic E-state index is -0.955. The third-order valence-corrected chi connectivity index (χ3v) is 7.21. The number of benzene rings is 2. The van der Waals surface area contributed by atoms with Crippen molar-refractivity contribution in [3.8, 4) is 0 Å². The van der Waals surface area contributed by atoms with E-state index in [4.69, 9.17) is 46.3 Å². The maximum atomic E-state index is 12.5. The van der Waals surface area contributed by atoms with Gasteiger partial charge < -0.3 is 11.5 Å². The Labute approximate surface area is 216 Å². The highest BCUT2D eigenvalue weighted by Gasteiger charge is 2.27. The van der Waals surface area contributed by atoms with Gasteiger partial charge in [-0.25, -0.2) is 0 Å². The summed E-state index contributed by atoms with van der Waals surface area (Å²) in [6.45, 7) is 11.1. The molecule has 2 atom stereocenters. The number of rotatable bonds is 8. The molecule has 1 aliphatic rings. The Morgan fingerprint density at radius 2 is 1.74 bits per heavy atom. The zero-order valence-electron chi connectivity index (χ0n) is 19.5. The standard InChI is InChI=1S/C27H30Cl3N3O/c1-16-10-11-33(14-16)15-19(12-17(2)20-6-4-7-21(28)18(20)3)13-24(31)26(27(32)34)25-22(29)8-5-9-23(25)30/h4-9,12-13,16,26H,2,10-11,14-15,31H2,1,3H3,(H2,32,34)/b19-12+,24-13-. The molecule has 0 saturated carbocycles. The van der Waals surface area contributed by atoms with Crippen LogP contribution in [0.1, 0.15) is 36.0 Å². The van der Waals surface area contributed by atoms with Crippen LogP contribution in [0.15, 0.2) is 66.4 Å². The number of hydrogen-bond donors (Lipinski definition) is 2. The van der Waals surface area contributed by atoms with Crippen molar-refractivity contribution in [2.24, 2.45) is 17.4 Å². The number of nitrogens with two attached hydrogens (primary N) is 2. The minimum absolute atomic E-state index is 0.275. The van der Waals surface area contributed by atoms with E-state index in [2.05, 4.69) is 18.4 Å². The highest BCUT2D eigenvalue weighted by atomic mass is 35.5. The fourth-order valence-electron chi connectivity index (χ4n) is 4.38. The summed E-state index contributed by atoms with van der Waals surface area (Å²) < 4.78 is 0. The van der Waals surface area contributed by atoms with Gasteiger partial charge in [-0.1, -0.05) is 72.6 Å². The summed E-state index contributed by atoms with van der Waals surface area (Å²) in [6, 6.07) is 10.8. The molecule has 0 radical (unpaired) electrons. The summed E-state index contributed by atoms with van der Waals surface area (Å²) in [4.78, 5) is 14.8. The van der Waals surface area contributed by atoms with Gasteiger partial charge in [0.15, 0.2) is 0 Å². The van der Waals surface area contributed by atoms with Gasteiger partial charge in [-0.15, -0.1) is 0 Å². The molecule has 1 saturated heterocycles. The lowest BCUT2D eigenvalue weighted by molar-refractivity contribution is -0.118. The number of carbonyl (C=O) groups is 1. The van der Waals surface area contributed by atoms with Gasteiger partial charge in [0.1, 0.15) is 5.92 Å². The first-order valence-corrected chi connectivity index (χ1v) is 12.3. The van der Waals surface area contributed by atoms with Crippen LogP contribution in [0.5, 0.6) is 0 Å². The molecular formula is C27H30Cl3N3O. The van der Waals surface area contributed by atoms with Gasteiger partial charge in [0.25, 0.3) is 0 Å². The largest absolute Gasteiger partial charge is 0.401 e. The molecule has 34 heavy (non-hydrogen) atoms. The molecule has 180 valence electrons. The van der Waals surface area contributed by atoms with Crippen LogP contribution in [0, 0.1) is 12.8 Å². The van der Waals surface area contributed by atoms with E-state index in [1.165, 1.54) is 0 Å². The molecule has 1 heterocycles. The van der Waals surface area contributed by atoms with Crippen LogP contribution < -0.4 is 11.5 Å². The lowest BCUT2D eigenvalue weighted by Crippen LogP contribution is -2.28. The number of primary amides is 1. The fourth-order valence-corrected chi connectivity index (χ4v) is 5.17. The second kappa shape index (κ2) is 11.5. The molecule has 4 N–H and O–H groups in total. The van der Waals surface area contributed by atoms with Crippen LogP contribution in [-0.4, -0.2) is 30.4 Å². The molecule has 0 spiro atoms. The van der Waals surface area contributed by atoms with Crippen LogP contribution in [0.4, 0.5) is 0 Å². The normalized spacial score (nSPS) is 18.2. The van der Waals surface area contributed by atoms with Crippen LogP contribution in [0.25, 0.3) is 5.57 Å². The topological polar surface area (TPSA) is 72.3 Å². The van der Waals surface area contributed by atoms with Crippen molar-refractivity contribution in [1.29, 1.82) is 0 Å². The monoisotopic (exact) mass is 517 g/mol. The van der Waals surface area contributed by atoms with E-state index in [1.807, 2.05) is 31.2 Å². The molecule has 2 aromatic carbocycles. The van der Waals surface area contributed by atoms with Crippen molar-refractivity contribution in [3.05, 3.63) is 98.2 Å². The molecule has 1 aliphatic heterocycles. The van der Waals surface area contributed by atoms with Gasteiger partial charge in [-0.3, -0.25) is 9.69 Å². The summed E-state index contributed by atoms with van der Waals surface area (Å²) in [5, 5.41) is 1.36. The maximum Gasteiger partial charge on any atom is 0.231 e. The SMILES string of the molecule is C=C(/C=C(\C=C(/N)C(C(N)=O)c1c(Cl)cccc1Cl)CN1CCC(C)C1)c1cccc(Cl)c1C. The lowest BCUT2D eigenvalue weighted by atomic mass is 9.92. The third-order valence-electron chi connectivity index (χ3n) is 6.15. The molecule has 0 bridgehead atoms. The number of hydrogen-bond acceptors (Lipinski definition) is 3. The van der Waals surface area contributed by atoms with Crippen LogP contribution in [0.3, 0.4) is 0 Å². The molecule has 0 aromatic heterocycles. The number of likely N-dealkylation sites (tertiary alicyclic amines) is 1. The van der Waals surface area contributed by atoms with Crippen molar-refractivity contribution in [1.82, 2.24) is 4.90 Å². The second-order valence-corrected chi connectivity index (χ2v) is 10.1. The van der Waals surface area contributed by atoms with Gasteiger partial charge >= 0.3 is 0 Å². The van der Waals surface area contributed by atoms with Crippen molar-refractivity contribution >= 4 is 46.3 Å². The zero-order valence-corrected chi connectivity index (χ0v) is 21.7. The number of carbonyl (C=O) groups excluding carboxylic acids is 1. The summed E-state index contributed by atoms with van der Waals surface area (Å²) in [5.74, 6) is -0.952. The van der Waals surface area contributed by atoms with E-state index >= 15 is 0 Å². The van der Waals surface area contributed by atoms with E-state index in [0.29, 0.717) is 33.1 Å². The highest BCUT2D eigenvalue weighted by Crippen LogP contribution is 2.35. The molecule has 1 amide bonds. The third kappa shape index (κ3) is 6.25. The van der Waals surface area contributed by atoms with E-state index in [9.17, 15) is 4.79 Å². The predicted octanol–water partition coefficient (Wildman–Crippen LogP) is 6.35. The first-order chi connectivity index (χ1) is 16.1. The van der Waals surface area contributed by atoms with Gasteiger partial charge in [0.05, 0.1) is 0 Å². The predicted molar refractivity (Wildman–Crippen MR) is 144 cm³/mol. The molecule has 0 aliphatic carbocycles. The Morgan fingerprint density at radius 1 is 1.12 bits per heavy atom. The highest BCUT2D eigenvalue weighted by molar-refractivity contribution is 6.36.